The number of nitrogens with two attached hydrogens (primary N) is 1. The van der Waals surface area contributed by atoms with Crippen molar-refractivity contribution in [3.63, 3.8) is 0 Å². The molecule has 0 amide bonds. The van der Waals surface area contributed by atoms with Gasteiger partial charge in [-0.1, -0.05) is 39.8 Å². The van der Waals surface area contributed by atoms with Gasteiger partial charge in [-0.2, -0.15) is 4.98 Å². The van der Waals surface area contributed by atoms with Crippen molar-refractivity contribution >= 4 is 0 Å². The van der Waals surface area contributed by atoms with Gasteiger partial charge in [-0.15, -0.1) is 0 Å². The van der Waals surface area contributed by atoms with E-state index in [2.05, 4.69) is 30.9 Å². The summed E-state index contributed by atoms with van der Waals surface area (Å²) in [6.45, 7) is 10.9. The van der Waals surface area contributed by atoms with E-state index in [4.69, 9.17) is 10.3 Å². The zero-order valence-corrected chi connectivity index (χ0v) is 12.2. The van der Waals surface area contributed by atoms with Crippen molar-refractivity contribution in [2.45, 2.75) is 65.3 Å². The maximum Gasteiger partial charge on any atom is 0.229 e. The molecule has 1 aromatic rings. The molecule has 1 aromatic heterocycles. The third kappa shape index (κ3) is 2.58. The SMILES string of the molecule is CC1CC(C)(C)CC(N)(c2noc(C(C)C)n2)C1. The maximum atomic E-state index is 6.57. The Morgan fingerprint density at radius 1 is 1.33 bits per heavy atom. The molecule has 2 N–H and O–H groups in total. The number of rotatable bonds is 2. The summed E-state index contributed by atoms with van der Waals surface area (Å²) in [4.78, 5) is 4.50. The summed E-state index contributed by atoms with van der Waals surface area (Å²) in [5, 5.41) is 4.12. The van der Waals surface area contributed by atoms with E-state index in [0.717, 1.165) is 12.8 Å². The van der Waals surface area contributed by atoms with Crippen molar-refractivity contribution in [2.24, 2.45) is 17.1 Å². The van der Waals surface area contributed by atoms with Crippen LogP contribution in [-0.4, -0.2) is 10.1 Å². The van der Waals surface area contributed by atoms with Gasteiger partial charge in [-0.05, 0) is 30.6 Å². The lowest BCUT2D eigenvalue weighted by atomic mass is 9.64. The van der Waals surface area contributed by atoms with Gasteiger partial charge in [0.1, 0.15) is 0 Å². The molecule has 1 fully saturated rings. The highest BCUT2D eigenvalue weighted by molar-refractivity contribution is 5.09. The fourth-order valence-electron chi connectivity index (χ4n) is 3.48. The Morgan fingerprint density at radius 2 is 2.00 bits per heavy atom. The minimum atomic E-state index is -0.433. The van der Waals surface area contributed by atoms with Gasteiger partial charge in [-0.25, -0.2) is 0 Å². The molecular formula is C14H25N3O. The highest BCUT2D eigenvalue weighted by atomic mass is 16.5. The van der Waals surface area contributed by atoms with E-state index in [1.54, 1.807) is 0 Å². The molecule has 18 heavy (non-hydrogen) atoms. The fraction of sp³-hybridized carbons (Fsp3) is 0.857. The van der Waals surface area contributed by atoms with E-state index in [0.29, 0.717) is 17.6 Å². The normalized spacial score (nSPS) is 31.8. The number of hydrogen-bond acceptors (Lipinski definition) is 4. The van der Waals surface area contributed by atoms with E-state index in [-0.39, 0.29) is 11.3 Å². The molecule has 4 nitrogen and oxygen atoms in total. The van der Waals surface area contributed by atoms with Gasteiger partial charge >= 0.3 is 0 Å². The second-order valence-electron chi connectivity index (χ2n) is 7.12. The zero-order valence-electron chi connectivity index (χ0n) is 12.2. The Morgan fingerprint density at radius 3 is 2.50 bits per heavy atom. The second kappa shape index (κ2) is 4.34. The molecule has 2 unspecified atom stereocenters. The summed E-state index contributed by atoms with van der Waals surface area (Å²) in [7, 11) is 0. The lowest BCUT2D eigenvalue weighted by Gasteiger charge is -2.43. The van der Waals surface area contributed by atoms with E-state index < -0.39 is 5.54 Å². The van der Waals surface area contributed by atoms with Crippen molar-refractivity contribution < 1.29 is 4.52 Å². The minimum Gasteiger partial charge on any atom is -0.339 e. The van der Waals surface area contributed by atoms with Crippen molar-refractivity contribution in [3.8, 4) is 0 Å². The standard InChI is InChI=1S/C14H25N3O/c1-9(2)11-16-12(17-18-11)14(15)7-10(3)6-13(4,5)8-14/h9-10H,6-8,15H2,1-5H3. The predicted molar refractivity (Wildman–Crippen MR) is 71.0 cm³/mol. The van der Waals surface area contributed by atoms with Crippen LogP contribution in [0.1, 0.15) is 71.5 Å². The van der Waals surface area contributed by atoms with Crippen LogP contribution in [0.5, 0.6) is 0 Å². The van der Waals surface area contributed by atoms with E-state index >= 15 is 0 Å². The summed E-state index contributed by atoms with van der Waals surface area (Å²) < 4.78 is 5.31. The van der Waals surface area contributed by atoms with Crippen LogP contribution in [0.3, 0.4) is 0 Å². The maximum absolute atomic E-state index is 6.57. The van der Waals surface area contributed by atoms with Gasteiger partial charge in [0.15, 0.2) is 5.82 Å². The van der Waals surface area contributed by atoms with Crippen molar-refractivity contribution in [2.75, 3.05) is 0 Å². The van der Waals surface area contributed by atoms with Crippen LogP contribution in [-0.2, 0) is 5.54 Å². The van der Waals surface area contributed by atoms with Gasteiger partial charge in [0.25, 0.3) is 0 Å². The topological polar surface area (TPSA) is 64.9 Å². The molecule has 0 bridgehead atoms. The third-order valence-corrected chi connectivity index (χ3v) is 3.79. The quantitative estimate of drug-likeness (QED) is 0.876. The molecule has 2 rings (SSSR count). The molecule has 1 aliphatic carbocycles. The Balaban J connectivity index is 2.29. The number of hydrogen-bond donors (Lipinski definition) is 1. The summed E-state index contributed by atoms with van der Waals surface area (Å²) >= 11 is 0. The van der Waals surface area contributed by atoms with Crippen LogP contribution >= 0.6 is 0 Å². The zero-order chi connectivity index (χ0) is 13.6. The Kier molecular flexibility index (Phi) is 3.26. The van der Waals surface area contributed by atoms with Crippen LogP contribution in [0.4, 0.5) is 0 Å². The Labute approximate surface area is 109 Å². The molecule has 0 saturated heterocycles. The summed E-state index contributed by atoms with van der Waals surface area (Å²) in [6.07, 6.45) is 3.07. The third-order valence-electron chi connectivity index (χ3n) is 3.79. The molecule has 4 heteroatoms. The van der Waals surface area contributed by atoms with Crippen LogP contribution in [0.25, 0.3) is 0 Å². The average Bonchev–Trinajstić information content (AvgIpc) is 2.61. The van der Waals surface area contributed by atoms with Crippen LogP contribution < -0.4 is 5.73 Å². The van der Waals surface area contributed by atoms with E-state index in [1.165, 1.54) is 6.42 Å². The molecule has 0 radical (unpaired) electrons. The molecule has 102 valence electrons. The molecule has 2 atom stereocenters. The highest BCUT2D eigenvalue weighted by Gasteiger charge is 2.44. The fourth-order valence-corrected chi connectivity index (χ4v) is 3.48. The molecule has 0 aromatic carbocycles. The van der Waals surface area contributed by atoms with Gasteiger partial charge in [0.05, 0.1) is 5.54 Å². The summed E-state index contributed by atoms with van der Waals surface area (Å²) in [5.74, 6) is 2.22. The lowest BCUT2D eigenvalue weighted by Crippen LogP contribution is -2.47. The summed E-state index contributed by atoms with van der Waals surface area (Å²) in [6, 6.07) is 0. The average molecular weight is 251 g/mol. The van der Waals surface area contributed by atoms with Gasteiger partial charge < -0.3 is 10.3 Å². The first kappa shape index (κ1) is 13.5. The first-order valence-corrected chi connectivity index (χ1v) is 6.85. The van der Waals surface area contributed by atoms with Gasteiger partial charge in [-0.3, -0.25) is 0 Å². The smallest absolute Gasteiger partial charge is 0.229 e. The van der Waals surface area contributed by atoms with E-state index in [1.807, 2.05) is 13.8 Å². The number of nitrogens with zero attached hydrogens (tertiary/aromatic N) is 2. The Hall–Kier alpha value is -0.900. The Bertz CT molecular complexity index is 424. The first-order valence-electron chi connectivity index (χ1n) is 6.85. The monoisotopic (exact) mass is 251 g/mol. The second-order valence-corrected chi connectivity index (χ2v) is 7.12. The lowest BCUT2D eigenvalue weighted by molar-refractivity contribution is 0.0997. The molecule has 1 saturated carbocycles. The highest BCUT2D eigenvalue weighted by Crippen LogP contribution is 2.46. The minimum absolute atomic E-state index is 0.241. The van der Waals surface area contributed by atoms with Gasteiger partial charge in [0, 0.05) is 5.92 Å². The van der Waals surface area contributed by atoms with Crippen LogP contribution in [0.2, 0.25) is 0 Å². The molecular weight excluding hydrogens is 226 g/mol. The predicted octanol–water partition coefficient (Wildman–Crippen LogP) is 3.19. The molecule has 1 aliphatic rings. The van der Waals surface area contributed by atoms with Crippen LogP contribution in [0, 0.1) is 11.3 Å². The largest absolute Gasteiger partial charge is 0.339 e. The molecule has 1 heterocycles. The number of aromatic nitrogens is 2. The van der Waals surface area contributed by atoms with Crippen molar-refractivity contribution in [1.82, 2.24) is 10.1 Å². The molecule has 0 spiro atoms. The van der Waals surface area contributed by atoms with Gasteiger partial charge in [0.2, 0.25) is 5.89 Å². The van der Waals surface area contributed by atoms with E-state index in [9.17, 15) is 0 Å². The summed E-state index contributed by atoms with van der Waals surface area (Å²) in [5.41, 5.74) is 6.38. The first-order chi connectivity index (χ1) is 8.22. The van der Waals surface area contributed by atoms with Crippen molar-refractivity contribution in [1.29, 1.82) is 0 Å². The van der Waals surface area contributed by atoms with Crippen molar-refractivity contribution in [3.05, 3.63) is 11.7 Å². The molecule has 0 aliphatic heterocycles. The van der Waals surface area contributed by atoms with Crippen LogP contribution in [0.15, 0.2) is 4.52 Å².